The molecule has 0 aliphatic rings. The van der Waals surface area contributed by atoms with E-state index in [9.17, 15) is 9.18 Å². The number of aromatic amines is 1. The van der Waals surface area contributed by atoms with Gasteiger partial charge in [0.05, 0.1) is 5.56 Å². The van der Waals surface area contributed by atoms with Crippen molar-refractivity contribution in [2.75, 3.05) is 0 Å². The molecule has 3 nitrogen and oxygen atoms in total. The van der Waals surface area contributed by atoms with Crippen LogP contribution < -0.4 is 5.32 Å². The highest BCUT2D eigenvalue weighted by Crippen LogP contribution is 2.17. The van der Waals surface area contributed by atoms with Gasteiger partial charge in [-0.25, -0.2) is 4.39 Å². The van der Waals surface area contributed by atoms with Crippen molar-refractivity contribution >= 4 is 16.8 Å². The summed E-state index contributed by atoms with van der Waals surface area (Å²) in [6, 6.07) is 13.7. The average Bonchev–Trinajstić information content (AvgIpc) is 2.90. The number of benzene rings is 2. The SMILES string of the molecule is O=C(NCc1ccc(F)cc1)c1c[nH]c2ccccc12. The third-order valence-corrected chi connectivity index (χ3v) is 3.20. The molecule has 1 aromatic heterocycles. The molecule has 100 valence electrons. The zero-order valence-corrected chi connectivity index (χ0v) is 10.7. The standard InChI is InChI=1S/C16H13FN2O/c17-12-7-5-11(6-8-12)9-19-16(20)14-10-18-15-4-2-1-3-13(14)15/h1-8,10,18H,9H2,(H,19,20). The van der Waals surface area contributed by atoms with Gasteiger partial charge in [-0.05, 0) is 23.8 Å². The van der Waals surface area contributed by atoms with Crippen LogP contribution >= 0.6 is 0 Å². The van der Waals surface area contributed by atoms with Gasteiger partial charge in [-0.15, -0.1) is 0 Å². The number of carbonyl (C=O) groups is 1. The summed E-state index contributed by atoms with van der Waals surface area (Å²) in [6.45, 7) is 0.374. The molecule has 0 atom stereocenters. The van der Waals surface area contributed by atoms with Crippen LogP contribution in [0.4, 0.5) is 4.39 Å². The lowest BCUT2D eigenvalue weighted by molar-refractivity contribution is 0.0952. The normalized spacial score (nSPS) is 10.7. The van der Waals surface area contributed by atoms with Crippen molar-refractivity contribution in [2.24, 2.45) is 0 Å². The van der Waals surface area contributed by atoms with E-state index in [1.165, 1.54) is 12.1 Å². The molecule has 1 amide bonds. The number of halogens is 1. The highest BCUT2D eigenvalue weighted by atomic mass is 19.1. The highest BCUT2D eigenvalue weighted by molar-refractivity contribution is 6.06. The van der Waals surface area contributed by atoms with E-state index in [4.69, 9.17) is 0 Å². The molecule has 0 radical (unpaired) electrons. The van der Waals surface area contributed by atoms with Crippen molar-refractivity contribution in [3.63, 3.8) is 0 Å². The lowest BCUT2D eigenvalue weighted by atomic mass is 10.1. The zero-order valence-electron chi connectivity index (χ0n) is 10.7. The van der Waals surface area contributed by atoms with E-state index in [0.29, 0.717) is 12.1 Å². The van der Waals surface area contributed by atoms with Gasteiger partial charge in [0.25, 0.3) is 5.91 Å². The fourth-order valence-electron chi connectivity index (χ4n) is 2.14. The van der Waals surface area contributed by atoms with Crippen molar-refractivity contribution in [1.29, 1.82) is 0 Å². The number of nitrogens with one attached hydrogen (secondary N) is 2. The van der Waals surface area contributed by atoms with Crippen LogP contribution in [0.25, 0.3) is 10.9 Å². The number of amides is 1. The summed E-state index contributed by atoms with van der Waals surface area (Å²) in [5.74, 6) is -0.427. The number of para-hydroxylation sites is 1. The lowest BCUT2D eigenvalue weighted by Crippen LogP contribution is -2.22. The van der Waals surface area contributed by atoms with Gasteiger partial charge in [0, 0.05) is 23.6 Å². The molecule has 20 heavy (non-hydrogen) atoms. The number of fused-ring (bicyclic) bond motifs is 1. The molecule has 0 aliphatic heterocycles. The third kappa shape index (κ3) is 2.40. The van der Waals surface area contributed by atoms with E-state index in [1.807, 2.05) is 24.3 Å². The summed E-state index contributed by atoms with van der Waals surface area (Å²) < 4.78 is 12.8. The molecule has 4 heteroatoms. The Morgan fingerprint density at radius 1 is 1.10 bits per heavy atom. The number of rotatable bonds is 3. The Morgan fingerprint density at radius 2 is 1.85 bits per heavy atom. The van der Waals surface area contributed by atoms with E-state index in [-0.39, 0.29) is 11.7 Å². The first-order valence-electron chi connectivity index (χ1n) is 6.33. The minimum Gasteiger partial charge on any atom is -0.360 e. The van der Waals surface area contributed by atoms with Crippen molar-refractivity contribution in [2.45, 2.75) is 6.54 Å². The molecule has 0 fully saturated rings. The van der Waals surface area contributed by atoms with Crippen LogP contribution in [-0.2, 0) is 6.54 Å². The predicted molar refractivity (Wildman–Crippen MR) is 75.9 cm³/mol. The van der Waals surface area contributed by atoms with Crippen LogP contribution in [0.15, 0.2) is 54.7 Å². The molecule has 0 spiro atoms. The second kappa shape index (κ2) is 5.17. The first kappa shape index (κ1) is 12.4. The summed E-state index contributed by atoms with van der Waals surface area (Å²) in [7, 11) is 0. The van der Waals surface area contributed by atoms with E-state index in [2.05, 4.69) is 10.3 Å². The lowest BCUT2D eigenvalue weighted by Gasteiger charge is -2.04. The van der Waals surface area contributed by atoms with Crippen LogP contribution in [0, 0.1) is 5.82 Å². The van der Waals surface area contributed by atoms with Crippen molar-refractivity contribution in [3.8, 4) is 0 Å². The molecule has 0 saturated heterocycles. The summed E-state index contributed by atoms with van der Waals surface area (Å²) in [4.78, 5) is 15.2. The number of aromatic nitrogens is 1. The van der Waals surface area contributed by atoms with Crippen molar-refractivity contribution in [3.05, 3.63) is 71.7 Å². The van der Waals surface area contributed by atoms with Gasteiger partial charge in [-0.2, -0.15) is 0 Å². The highest BCUT2D eigenvalue weighted by Gasteiger charge is 2.10. The van der Waals surface area contributed by atoms with Gasteiger partial charge in [-0.3, -0.25) is 4.79 Å². The second-order valence-electron chi connectivity index (χ2n) is 4.56. The summed E-state index contributed by atoms with van der Waals surface area (Å²) in [6.07, 6.45) is 1.70. The minimum absolute atomic E-state index is 0.147. The fraction of sp³-hybridized carbons (Fsp3) is 0.0625. The molecule has 2 N–H and O–H groups in total. The van der Waals surface area contributed by atoms with Gasteiger partial charge in [0.15, 0.2) is 0 Å². The fourth-order valence-corrected chi connectivity index (χ4v) is 2.14. The number of H-pyrrole nitrogens is 1. The number of carbonyl (C=O) groups excluding carboxylic acids is 1. The van der Waals surface area contributed by atoms with Crippen molar-refractivity contribution in [1.82, 2.24) is 10.3 Å². The smallest absolute Gasteiger partial charge is 0.253 e. The van der Waals surface area contributed by atoms with Crippen LogP contribution in [0.3, 0.4) is 0 Å². The largest absolute Gasteiger partial charge is 0.360 e. The molecule has 3 aromatic rings. The predicted octanol–water partition coefficient (Wildman–Crippen LogP) is 3.24. The number of hydrogen-bond acceptors (Lipinski definition) is 1. The van der Waals surface area contributed by atoms with E-state index < -0.39 is 0 Å². The topological polar surface area (TPSA) is 44.9 Å². The van der Waals surface area contributed by atoms with Crippen LogP contribution in [-0.4, -0.2) is 10.9 Å². The maximum absolute atomic E-state index is 12.8. The number of hydrogen-bond donors (Lipinski definition) is 2. The second-order valence-corrected chi connectivity index (χ2v) is 4.56. The molecule has 3 rings (SSSR count). The summed E-state index contributed by atoms with van der Waals surface area (Å²) in [5.41, 5.74) is 2.40. The summed E-state index contributed by atoms with van der Waals surface area (Å²) in [5, 5.41) is 3.72. The Labute approximate surface area is 115 Å². The van der Waals surface area contributed by atoms with Crippen LogP contribution in [0.5, 0.6) is 0 Å². The molecular formula is C16H13FN2O. The van der Waals surface area contributed by atoms with E-state index in [1.54, 1.807) is 18.3 Å². The molecule has 2 aromatic carbocycles. The molecule has 1 heterocycles. The minimum atomic E-state index is -0.281. The van der Waals surface area contributed by atoms with Gasteiger partial charge in [0.1, 0.15) is 5.82 Å². The third-order valence-electron chi connectivity index (χ3n) is 3.20. The summed E-state index contributed by atoms with van der Waals surface area (Å²) >= 11 is 0. The van der Waals surface area contributed by atoms with Crippen molar-refractivity contribution < 1.29 is 9.18 Å². The molecule has 0 aliphatic carbocycles. The Hall–Kier alpha value is -2.62. The Bertz CT molecular complexity index is 747. The van der Waals surface area contributed by atoms with E-state index in [0.717, 1.165) is 16.5 Å². The quantitative estimate of drug-likeness (QED) is 0.752. The first-order valence-corrected chi connectivity index (χ1v) is 6.33. The first-order chi connectivity index (χ1) is 9.74. The van der Waals surface area contributed by atoms with Gasteiger partial charge in [-0.1, -0.05) is 30.3 Å². The average molecular weight is 268 g/mol. The van der Waals surface area contributed by atoms with Gasteiger partial charge < -0.3 is 10.3 Å². The molecular weight excluding hydrogens is 255 g/mol. The van der Waals surface area contributed by atoms with Gasteiger partial charge in [0.2, 0.25) is 0 Å². The maximum Gasteiger partial charge on any atom is 0.253 e. The van der Waals surface area contributed by atoms with Crippen LogP contribution in [0.2, 0.25) is 0 Å². The zero-order chi connectivity index (χ0) is 13.9. The Kier molecular flexibility index (Phi) is 3.21. The van der Waals surface area contributed by atoms with E-state index >= 15 is 0 Å². The van der Waals surface area contributed by atoms with Crippen LogP contribution in [0.1, 0.15) is 15.9 Å². The molecule has 0 saturated carbocycles. The molecule has 0 unspecified atom stereocenters. The monoisotopic (exact) mass is 268 g/mol. The maximum atomic E-state index is 12.8. The Balaban J connectivity index is 1.75. The Morgan fingerprint density at radius 3 is 2.65 bits per heavy atom. The molecule has 0 bridgehead atoms. The van der Waals surface area contributed by atoms with Gasteiger partial charge >= 0.3 is 0 Å².